The normalized spacial score (nSPS) is 11.2. The van der Waals surface area contributed by atoms with Gasteiger partial charge >= 0.3 is 0 Å². The second-order valence-electron chi connectivity index (χ2n) is 5.70. The average Bonchev–Trinajstić information content (AvgIpc) is 3.19. The molecule has 1 heterocycles. The molecule has 0 fully saturated rings. The number of rotatable bonds is 7. The summed E-state index contributed by atoms with van der Waals surface area (Å²) >= 11 is 0. The molecule has 4 nitrogen and oxygen atoms in total. The van der Waals surface area contributed by atoms with Crippen molar-refractivity contribution < 1.29 is 13.9 Å². The fourth-order valence-electron chi connectivity index (χ4n) is 2.56. The molecule has 0 aliphatic heterocycles. The Morgan fingerprint density at radius 3 is 2.46 bits per heavy atom. The first kappa shape index (κ1) is 17.5. The number of nitrogens with one attached hydrogen (secondary N) is 1. The zero-order chi connectivity index (χ0) is 18.2. The molecule has 4 heteroatoms. The highest BCUT2D eigenvalue weighted by molar-refractivity contribution is 6.23. The molecule has 132 valence electrons. The van der Waals surface area contributed by atoms with E-state index >= 15 is 0 Å². The van der Waals surface area contributed by atoms with Gasteiger partial charge in [0.25, 0.3) is 5.91 Å². The van der Waals surface area contributed by atoms with Crippen molar-refractivity contribution >= 4 is 17.6 Å². The van der Waals surface area contributed by atoms with Gasteiger partial charge in [0, 0.05) is 6.54 Å². The van der Waals surface area contributed by atoms with Crippen LogP contribution >= 0.6 is 0 Å². The van der Waals surface area contributed by atoms with Crippen molar-refractivity contribution in [2.75, 3.05) is 6.61 Å². The quantitative estimate of drug-likeness (QED) is 0.639. The number of furan rings is 1. The minimum absolute atomic E-state index is 0.151. The third-order valence-corrected chi connectivity index (χ3v) is 3.85. The lowest BCUT2D eigenvalue weighted by molar-refractivity contribution is -0.115. The van der Waals surface area contributed by atoms with Crippen LogP contribution < -0.4 is 10.1 Å². The van der Waals surface area contributed by atoms with Crippen LogP contribution in [0.25, 0.3) is 11.6 Å². The molecular formula is C22H21NO3. The standard InChI is InChI=1S/C22H21NO3/c1-2-25-19-12-10-17(11-13-19)16-23-22(24)21(15-20-9-6-14-26-20)18-7-4-3-5-8-18/h3-15H,2,16H2,1H3,(H,23,24)/b21-15+. The van der Waals surface area contributed by atoms with Gasteiger partial charge in [0.05, 0.1) is 18.4 Å². The van der Waals surface area contributed by atoms with E-state index in [9.17, 15) is 4.79 Å². The van der Waals surface area contributed by atoms with E-state index < -0.39 is 0 Å². The van der Waals surface area contributed by atoms with Crippen molar-refractivity contribution in [1.29, 1.82) is 0 Å². The predicted molar refractivity (Wildman–Crippen MR) is 102 cm³/mol. The van der Waals surface area contributed by atoms with Crippen LogP contribution in [0, 0.1) is 0 Å². The maximum absolute atomic E-state index is 12.8. The zero-order valence-electron chi connectivity index (χ0n) is 14.6. The van der Waals surface area contributed by atoms with Crippen molar-refractivity contribution in [3.8, 4) is 5.75 Å². The second kappa shape index (κ2) is 8.72. The Bertz CT molecular complexity index is 850. The van der Waals surface area contributed by atoms with Crippen LogP contribution in [0.1, 0.15) is 23.8 Å². The Kier molecular flexibility index (Phi) is 5.88. The van der Waals surface area contributed by atoms with Gasteiger partial charge in [-0.1, -0.05) is 42.5 Å². The maximum atomic E-state index is 12.8. The SMILES string of the molecule is CCOc1ccc(CNC(=O)/C(=C/c2ccco2)c2ccccc2)cc1. The zero-order valence-corrected chi connectivity index (χ0v) is 14.6. The minimum Gasteiger partial charge on any atom is -0.494 e. The molecule has 0 saturated carbocycles. The van der Waals surface area contributed by atoms with Crippen LogP contribution in [0.3, 0.4) is 0 Å². The topological polar surface area (TPSA) is 51.5 Å². The van der Waals surface area contributed by atoms with Crippen molar-refractivity contribution in [3.63, 3.8) is 0 Å². The summed E-state index contributed by atoms with van der Waals surface area (Å²) in [4.78, 5) is 12.8. The third-order valence-electron chi connectivity index (χ3n) is 3.85. The Morgan fingerprint density at radius 1 is 1.04 bits per heavy atom. The van der Waals surface area contributed by atoms with Gasteiger partial charge in [-0.05, 0) is 48.4 Å². The van der Waals surface area contributed by atoms with Crippen LogP contribution in [-0.2, 0) is 11.3 Å². The summed E-state index contributed by atoms with van der Waals surface area (Å²) < 4.78 is 10.8. The summed E-state index contributed by atoms with van der Waals surface area (Å²) in [7, 11) is 0. The largest absolute Gasteiger partial charge is 0.494 e. The summed E-state index contributed by atoms with van der Waals surface area (Å²) in [5.41, 5.74) is 2.41. The average molecular weight is 347 g/mol. The van der Waals surface area contributed by atoms with Crippen LogP contribution in [0.4, 0.5) is 0 Å². The van der Waals surface area contributed by atoms with E-state index in [0.29, 0.717) is 24.5 Å². The van der Waals surface area contributed by atoms with Crippen LogP contribution in [0.15, 0.2) is 77.4 Å². The molecule has 0 atom stereocenters. The summed E-state index contributed by atoms with van der Waals surface area (Å²) in [6.07, 6.45) is 3.34. The van der Waals surface area contributed by atoms with Crippen molar-refractivity contribution in [1.82, 2.24) is 5.32 Å². The highest BCUT2D eigenvalue weighted by Crippen LogP contribution is 2.19. The highest BCUT2D eigenvalue weighted by Gasteiger charge is 2.12. The monoisotopic (exact) mass is 347 g/mol. The lowest BCUT2D eigenvalue weighted by atomic mass is 10.0. The van der Waals surface area contributed by atoms with Gasteiger partial charge in [0.15, 0.2) is 0 Å². The van der Waals surface area contributed by atoms with Gasteiger partial charge in [-0.3, -0.25) is 4.79 Å². The second-order valence-corrected chi connectivity index (χ2v) is 5.70. The third kappa shape index (κ3) is 4.63. The molecule has 0 bridgehead atoms. The van der Waals surface area contributed by atoms with Crippen molar-refractivity contribution in [3.05, 3.63) is 89.9 Å². The Morgan fingerprint density at radius 2 is 1.81 bits per heavy atom. The number of amides is 1. The van der Waals surface area contributed by atoms with E-state index in [0.717, 1.165) is 16.9 Å². The van der Waals surface area contributed by atoms with E-state index in [1.165, 1.54) is 0 Å². The van der Waals surface area contributed by atoms with E-state index in [1.54, 1.807) is 18.4 Å². The molecule has 3 aromatic rings. The fraction of sp³-hybridized carbons (Fsp3) is 0.136. The van der Waals surface area contributed by atoms with Crippen LogP contribution in [0.5, 0.6) is 5.75 Å². The van der Waals surface area contributed by atoms with Gasteiger partial charge < -0.3 is 14.5 Å². The molecule has 1 amide bonds. The fourth-order valence-corrected chi connectivity index (χ4v) is 2.56. The first-order valence-corrected chi connectivity index (χ1v) is 8.57. The molecular weight excluding hydrogens is 326 g/mol. The van der Waals surface area contributed by atoms with Gasteiger partial charge in [-0.15, -0.1) is 0 Å². The van der Waals surface area contributed by atoms with Gasteiger partial charge in [-0.2, -0.15) is 0 Å². The highest BCUT2D eigenvalue weighted by atomic mass is 16.5. The molecule has 1 aromatic heterocycles. The first-order valence-electron chi connectivity index (χ1n) is 8.57. The number of carbonyl (C=O) groups excluding carboxylic acids is 1. The molecule has 0 spiro atoms. The first-order chi connectivity index (χ1) is 12.8. The molecule has 0 aliphatic rings. The van der Waals surface area contributed by atoms with Crippen molar-refractivity contribution in [2.45, 2.75) is 13.5 Å². The summed E-state index contributed by atoms with van der Waals surface area (Å²) in [5, 5.41) is 2.97. The lowest BCUT2D eigenvalue weighted by Crippen LogP contribution is -2.23. The molecule has 0 radical (unpaired) electrons. The molecule has 3 rings (SSSR count). The smallest absolute Gasteiger partial charge is 0.252 e. The number of hydrogen-bond donors (Lipinski definition) is 1. The predicted octanol–water partition coefficient (Wildman–Crippen LogP) is 4.54. The molecule has 0 aliphatic carbocycles. The van der Waals surface area contributed by atoms with Crippen LogP contribution in [0.2, 0.25) is 0 Å². The Labute approximate surface area is 153 Å². The molecule has 0 unspecified atom stereocenters. The van der Waals surface area contributed by atoms with E-state index in [2.05, 4.69) is 5.32 Å². The van der Waals surface area contributed by atoms with E-state index in [-0.39, 0.29) is 5.91 Å². The van der Waals surface area contributed by atoms with Gasteiger partial charge in [0.2, 0.25) is 0 Å². The number of ether oxygens (including phenoxy) is 1. The lowest BCUT2D eigenvalue weighted by Gasteiger charge is -2.10. The van der Waals surface area contributed by atoms with Gasteiger partial charge in [0.1, 0.15) is 11.5 Å². The molecule has 0 saturated heterocycles. The summed E-state index contributed by atoms with van der Waals surface area (Å²) in [6.45, 7) is 3.02. The van der Waals surface area contributed by atoms with E-state index in [1.807, 2.05) is 67.6 Å². The Balaban J connectivity index is 1.73. The maximum Gasteiger partial charge on any atom is 0.252 e. The molecule has 26 heavy (non-hydrogen) atoms. The van der Waals surface area contributed by atoms with Crippen molar-refractivity contribution in [2.24, 2.45) is 0 Å². The molecule has 2 aromatic carbocycles. The minimum atomic E-state index is -0.151. The summed E-state index contributed by atoms with van der Waals surface area (Å²) in [6, 6.07) is 20.9. The number of hydrogen-bond acceptors (Lipinski definition) is 3. The summed E-state index contributed by atoms with van der Waals surface area (Å²) in [5.74, 6) is 1.31. The van der Waals surface area contributed by atoms with Gasteiger partial charge in [-0.25, -0.2) is 0 Å². The molecule has 1 N–H and O–H groups in total. The Hall–Kier alpha value is -3.27. The van der Waals surface area contributed by atoms with E-state index in [4.69, 9.17) is 9.15 Å². The number of benzene rings is 2. The number of carbonyl (C=O) groups is 1. The van der Waals surface area contributed by atoms with Crippen LogP contribution in [-0.4, -0.2) is 12.5 Å².